The molecule has 8 aliphatic rings. The van der Waals surface area contributed by atoms with Crippen molar-refractivity contribution in [3.63, 3.8) is 0 Å². The maximum Gasteiger partial charge on any atom is 0.308 e. The molecule has 2 spiro atoms. The minimum absolute atomic E-state index is 0.0636. The Kier molecular flexibility index (Phi) is 3.68. The van der Waals surface area contributed by atoms with Crippen molar-refractivity contribution < 1.29 is 9.53 Å². The zero-order valence-corrected chi connectivity index (χ0v) is 19.0. The normalized spacial score (nSPS) is 49.0. The van der Waals surface area contributed by atoms with Gasteiger partial charge in [0.2, 0.25) is 0 Å². The van der Waals surface area contributed by atoms with Gasteiger partial charge in [-0.15, -0.1) is 0 Å². The van der Waals surface area contributed by atoms with Crippen LogP contribution in [-0.2, 0) is 16.1 Å². The maximum atomic E-state index is 12.7. The van der Waals surface area contributed by atoms with Crippen LogP contribution in [-0.4, -0.2) is 30.6 Å². The monoisotopic (exact) mass is 417 g/mol. The lowest BCUT2D eigenvalue weighted by molar-refractivity contribution is -0.214. The first kappa shape index (κ1) is 18.9. The molecule has 0 radical (unpaired) electrons. The van der Waals surface area contributed by atoms with Crippen LogP contribution in [0.4, 0.5) is 0 Å². The standard InChI is InChI=1S/C28H35NO2/c1-26-10-6-9-21-22-13-19-14-23-24(29(17-26)16-18-7-4-3-5-8-18)28(21,26)12-11-27(22,23)15-20(19)25(30)31-2/h3-5,7-9,19-20,22-24H,6,10-17H2,1-2H3/t19?,20?,22-,23+,24-,26-,27-,28+/m0/s1. The molecule has 0 aromatic heterocycles. The number of methoxy groups -OCH3 is 1. The highest BCUT2D eigenvalue weighted by Gasteiger charge is 2.78. The van der Waals surface area contributed by atoms with Gasteiger partial charge in [0.15, 0.2) is 0 Å². The van der Waals surface area contributed by atoms with Gasteiger partial charge >= 0.3 is 5.97 Å². The number of rotatable bonds is 3. The largest absolute Gasteiger partial charge is 0.469 e. The number of hydrogen-bond acceptors (Lipinski definition) is 3. The third-order valence-corrected chi connectivity index (χ3v) is 11.3. The number of fused-ring (bicyclic) bond motifs is 2. The van der Waals surface area contributed by atoms with Gasteiger partial charge in [0.25, 0.3) is 0 Å². The molecule has 3 nitrogen and oxygen atoms in total. The van der Waals surface area contributed by atoms with Gasteiger partial charge in [-0.3, -0.25) is 9.69 Å². The molecule has 1 saturated heterocycles. The molecule has 31 heavy (non-hydrogen) atoms. The number of benzene rings is 1. The molecule has 1 aromatic rings. The van der Waals surface area contributed by atoms with Gasteiger partial charge in [0, 0.05) is 24.5 Å². The highest BCUT2D eigenvalue weighted by atomic mass is 16.5. The molecule has 7 fully saturated rings. The topological polar surface area (TPSA) is 29.5 Å². The molecule has 0 amide bonds. The van der Waals surface area contributed by atoms with Gasteiger partial charge in [0.1, 0.15) is 0 Å². The Morgan fingerprint density at radius 2 is 2.00 bits per heavy atom. The Morgan fingerprint density at radius 1 is 1.16 bits per heavy atom. The Bertz CT molecular complexity index is 970. The van der Waals surface area contributed by atoms with Crippen LogP contribution in [0.2, 0.25) is 0 Å². The number of esters is 1. The van der Waals surface area contributed by atoms with E-state index in [0.29, 0.717) is 28.2 Å². The van der Waals surface area contributed by atoms with Crippen molar-refractivity contribution in [1.82, 2.24) is 4.90 Å². The summed E-state index contributed by atoms with van der Waals surface area (Å²) in [6.07, 6.45) is 11.5. The van der Waals surface area contributed by atoms with Gasteiger partial charge < -0.3 is 4.74 Å². The van der Waals surface area contributed by atoms with E-state index < -0.39 is 0 Å². The first-order valence-electron chi connectivity index (χ1n) is 12.6. The Labute approximate surface area is 186 Å². The molecular formula is C28H35NO2. The van der Waals surface area contributed by atoms with Crippen molar-refractivity contribution >= 4 is 5.97 Å². The molecule has 1 aliphatic heterocycles. The molecule has 0 N–H and O–H groups in total. The van der Waals surface area contributed by atoms with Gasteiger partial charge in [-0.25, -0.2) is 0 Å². The van der Waals surface area contributed by atoms with E-state index in [9.17, 15) is 4.79 Å². The second kappa shape index (κ2) is 6.04. The van der Waals surface area contributed by atoms with Crippen LogP contribution in [0.25, 0.3) is 0 Å². The molecular weight excluding hydrogens is 382 g/mol. The SMILES string of the molecule is COC(=O)C1C[C@]23CC[C@]45C6=CCC[C@@]4(C)CN(Cc4ccccc4)[C@H]5[C@H]2CC1C[C@@H]63. The van der Waals surface area contributed by atoms with Crippen LogP contribution in [0.1, 0.15) is 57.4 Å². The fourth-order valence-corrected chi connectivity index (χ4v) is 10.4. The summed E-state index contributed by atoms with van der Waals surface area (Å²) in [6.45, 7) is 4.96. The number of allylic oxidation sites excluding steroid dienone is 1. The predicted octanol–water partition coefficient (Wildman–Crippen LogP) is 5.21. The van der Waals surface area contributed by atoms with E-state index in [0.717, 1.165) is 24.8 Å². The Balaban J connectivity index is 1.36. The fourth-order valence-electron chi connectivity index (χ4n) is 10.4. The zero-order valence-electron chi connectivity index (χ0n) is 19.0. The summed E-state index contributed by atoms with van der Waals surface area (Å²) < 4.78 is 5.29. The summed E-state index contributed by atoms with van der Waals surface area (Å²) in [5, 5.41) is 0. The van der Waals surface area contributed by atoms with Crippen LogP contribution in [0.5, 0.6) is 0 Å². The number of ether oxygens (including phenoxy) is 1. The molecule has 164 valence electrons. The van der Waals surface area contributed by atoms with E-state index in [1.807, 2.05) is 5.57 Å². The van der Waals surface area contributed by atoms with Crippen molar-refractivity contribution in [1.29, 1.82) is 0 Å². The van der Waals surface area contributed by atoms with Crippen molar-refractivity contribution in [2.24, 2.45) is 39.9 Å². The zero-order chi connectivity index (χ0) is 21.0. The molecule has 6 saturated carbocycles. The minimum atomic E-state index is 0.0636. The van der Waals surface area contributed by atoms with E-state index in [1.54, 1.807) is 7.11 Å². The van der Waals surface area contributed by atoms with Crippen LogP contribution >= 0.6 is 0 Å². The van der Waals surface area contributed by atoms with Gasteiger partial charge in [-0.1, -0.05) is 48.9 Å². The average molecular weight is 418 g/mol. The summed E-state index contributed by atoms with van der Waals surface area (Å²) in [7, 11) is 1.59. The number of carbonyl (C=O) groups is 1. The molecule has 1 heterocycles. The van der Waals surface area contributed by atoms with E-state index in [-0.39, 0.29) is 11.9 Å². The third kappa shape index (κ3) is 2.08. The Morgan fingerprint density at radius 3 is 2.81 bits per heavy atom. The number of nitrogens with zero attached hydrogens (tertiary/aromatic N) is 1. The molecule has 5 bridgehead atoms. The lowest BCUT2D eigenvalue weighted by atomic mass is 9.29. The summed E-state index contributed by atoms with van der Waals surface area (Å²) in [6, 6.07) is 11.8. The fraction of sp³-hybridized carbons (Fsp3) is 0.679. The van der Waals surface area contributed by atoms with Crippen molar-refractivity contribution in [2.75, 3.05) is 13.7 Å². The molecule has 7 aliphatic carbocycles. The summed E-state index contributed by atoms with van der Waals surface area (Å²) in [5.74, 6) is 2.22. The van der Waals surface area contributed by atoms with Gasteiger partial charge in [-0.2, -0.15) is 0 Å². The first-order valence-corrected chi connectivity index (χ1v) is 12.6. The van der Waals surface area contributed by atoms with Crippen molar-refractivity contribution in [3.8, 4) is 0 Å². The molecule has 1 aromatic carbocycles. The van der Waals surface area contributed by atoms with Crippen LogP contribution in [0, 0.1) is 39.9 Å². The van der Waals surface area contributed by atoms with E-state index in [1.165, 1.54) is 50.6 Å². The van der Waals surface area contributed by atoms with Crippen LogP contribution in [0.3, 0.4) is 0 Å². The van der Waals surface area contributed by atoms with Crippen LogP contribution in [0.15, 0.2) is 42.0 Å². The maximum absolute atomic E-state index is 12.7. The molecule has 9 rings (SSSR count). The lowest BCUT2D eigenvalue weighted by Gasteiger charge is -2.75. The molecule has 3 heteroatoms. The van der Waals surface area contributed by atoms with Crippen molar-refractivity contribution in [3.05, 3.63) is 47.5 Å². The summed E-state index contributed by atoms with van der Waals surface area (Å²) >= 11 is 0. The number of likely N-dealkylation sites (tertiary alicyclic amines) is 1. The third-order valence-electron chi connectivity index (χ3n) is 11.3. The smallest absolute Gasteiger partial charge is 0.308 e. The predicted molar refractivity (Wildman–Crippen MR) is 120 cm³/mol. The van der Waals surface area contributed by atoms with E-state index in [4.69, 9.17) is 4.74 Å². The second-order valence-corrected chi connectivity index (χ2v) is 12.0. The first-order chi connectivity index (χ1) is 15.0. The lowest BCUT2D eigenvalue weighted by Crippen LogP contribution is -2.72. The number of carbonyl (C=O) groups excluding carboxylic acids is 1. The summed E-state index contributed by atoms with van der Waals surface area (Å²) in [5.41, 5.74) is 4.43. The Hall–Kier alpha value is -1.61. The van der Waals surface area contributed by atoms with Crippen molar-refractivity contribution in [2.45, 2.75) is 64.5 Å². The van der Waals surface area contributed by atoms with E-state index in [2.05, 4.69) is 48.2 Å². The number of hydrogen-bond donors (Lipinski definition) is 0. The highest BCUT2D eigenvalue weighted by molar-refractivity contribution is 5.73. The van der Waals surface area contributed by atoms with E-state index >= 15 is 0 Å². The second-order valence-electron chi connectivity index (χ2n) is 12.0. The summed E-state index contributed by atoms with van der Waals surface area (Å²) in [4.78, 5) is 15.6. The van der Waals surface area contributed by atoms with Gasteiger partial charge in [-0.05, 0) is 79.1 Å². The minimum Gasteiger partial charge on any atom is -0.469 e. The van der Waals surface area contributed by atoms with Crippen LogP contribution < -0.4 is 0 Å². The average Bonchev–Trinajstić information content (AvgIpc) is 3.06. The highest BCUT2D eigenvalue weighted by Crippen LogP contribution is 2.81. The molecule has 2 unspecified atom stereocenters. The quantitative estimate of drug-likeness (QED) is 0.499. The molecule has 8 atom stereocenters. The van der Waals surface area contributed by atoms with Gasteiger partial charge in [0.05, 0.1) is 13.0 Å².